The van der Waals surface area contributed by atoms with Gasteiger partial charge in [-0.05, 0) is 62.7 Å². The lowest BCUT2D eigenvalue weighted by atomic mass is 9.98. The Hall–Kier alpha value is -2.01. The van der Waals surface area contributed by atoms with Crippen LogP contribution < -0.4 is 10.6 Å². The lowest BCUT2D eigenvalue weighted by Crippen LogP contribution is -2.40. The highest BCUT2D eigenvalue weighted by atomic mass is 15.2. The molecule has 0 radical (unpaired) electrons. The Bertz CT molecular complexity index is 720. The molecule has 0 bridgehead atoms. The predicted octanol–water partition coefficient (Wildman–Crippen LogP) is 3.32. The molecular formula is C22H35N5. The maximum atomic E-state index is 4.85. The van der Waals surface area contributed by atoms with Gasteiger partial charge in [0.1, 0.15) is 0 Å². The number of fused-ring (bicyclic) bond motifs is 1. The molecule has 1 saturated heterocycles. The number of benzene rings is 1. The summed E-state index contributed by atoms with van der Waals surface area (Å²) < 4.78 is 2.34. The molecule has 1 unspecified atom stereocenters. The first-order valence-electron chi connectivity index (χ1n) is 10.6. The van der Waals surface area contributed by atoms with Crippen LogP contribution in [0.5, 0.6) is 0 Å². The van der Waals surface area contributed by atoms with E-state index in [0.717, 1.165) is 45.1 Å². The Balaban J connectivity index is 1.45. The molecule has 3 rings (SSSR count). The largest absolute Gasteiger partial charge is 0.357 e. The number of aliphatic imine (C=N–C) groups is 1. The molecule has 2 aromatic rings. The summed E-state index contributed by atoms with van der Waals surface area (Å²) in [5.41, 5.74) is 1.32. The Kier molecular flexibility index (Phi) is 7.57. The standard InChI is InChI=1S/C22H35N5/c1-3-23-22(25-17-19-9-7-14-26(4-2)18-19)24-13-8-15-27-16-12-20-10-5-6-11-21(20)27/h5-6,10-12,16,19H,3-4,7-9,13-15,17-18H2,1-2H3,(H2,23,24,25). The topological polar surface area (TPSA) is 44.6 Å². The number of hydrogen-bond acceptors (Lipinski definition) is 2. The quantitative estimate of drug-likeness (QED) is 0.426. The first-order chi connectivity index (χ1) is 13.3. The van der Waals surface area contributed by atoms with Gasteiger partial charge in [0.25, 0.3) is 0 Å². The van der Waals surface area contributed by atoms with Crippen LogP contribution in [0.4, 0.5) is 0 Å². The number of para-hydroxylation sites is 1. The van der Waals surface area contributed by atoms with Crippen molar-refractivity contribution in [2.24, 2.45) is 10.9 Å². The van der Waals surface area contributed by atoms with Gasteiger partial charge in [-0.2, -0.15) is 0 Å². The summed E-state index contributed by atoms with van der Waals surface area (Å²) >= 11 is 0. The third kappa shape index (κ3) is 5.73. The van der Waals surface area contributed by atoms with Crippen LogP contribution in [0.15, 0.2) is 41.5 Å². The molecule has 27 heavy (non-hydrogen) atoms. The minimum Gasteiger partial charge on any atom is -0.357 e. The Morgan fingerprint density at radius 2 is 2.07 bits per heavy atom. The lowest BCUT2D eigenvalue weighted by Gasteiger charge is -2.31. The van der Waals surface area contributed by atoms with E-state index in [-0.39, 0.29) is 0 Å². The summed E-state index contributed by atoms with van der Waals surface area (Å²) in [6, 6.07) is 10.8. The van der Waals surface area contributed by atoms with E-state index in [1.807, 2.05) is 0 Å². The zero-order valence-electron chi connectivity index (χ0n) is 17.0. The van der Waals surface area contributed by atoms with Crippen LogP contribution in [0, 0.1) is 5.92 Å². The highest BCUT2D eigenvalue weighted by Gasteiger charge is 2.18. The van der Waals surface area contributed by atoms with Crippen molar-refractivity contribution in [2.75, 3.05) is 39.3 Å². The maximum absolute atomic E-state index is 4.85. The van der Waals surface area contributed by atoms with Gasteiger partial charge in [0.05, 0.1) is 0 Å². The molecule has 1 atom stereocenters. The fourth-order valence-corrected chi connectivity index (χ4v) is 3.94. The van der Waals surface area contributed by atoms with Gasteiger partial charge in [-0.3, -0.25) is 4.99 Å². The monoisotopic (exact) mass is 369 g/mol. The van der Waals surface area contributed by atoms with Gasteiger partial charge in [0.2, 0.25) is 0 Å². The third-order valence-corrected chi connectivity index (χ3v) is 5.45. The molecule has 5 nitrogen and oxygen atoms in total. The summed E-state index contributed by atoms with van der Waals surface area (Å²) in [6.45, 7) is 11.8. The Labute approximate surface area is 163 Å². The Morgan fingerprint density at radius 3 is 2.93 bits per heavy atom. The lowest BCUT2D eigenvalue weighted by molar-refractivity contribution is 0.186. The van der Waals surface area contributed by atoms with E-state index in [0.29, 0.717) is 5.92 Å². The molecule has 0 saturated carbocycles. The molecule has 1 aromatic heterocycles. The molecule has 2 N–H and O–H groups in total. The molecule has 0 aliphatic carbocycles. The van der Waals surface area contributed by atoms with Crippen molar-refractivity contribution in [3.63, 3.8) is 0 Å². The molecule has 0 spiro atoms. The van der Waals surface area contributed by atoms with Crippen LogP contribution in [0.1, 0.15) is 33.1 Å². The van der Waals surface area contributed by atoms with Gasteiger partial charge in [0.15, 0.2) is 5.96 Å². The fourth-order valence-electron chi connectivity index (χ4n) is 3.94. The minimum absolute atomic E-state index is 0.695. The average Bonchev–Trinajstić information content (AvgIpc) is 3.12. The second-order valence-corrected chi connectivity index (χ2v) is 7.47. The second kappa shape index (κ2) is 10.4. The molecular weight excluding hydrogens is 334 g/mol. The normalized spacial score (nSPS) is 18.7. The molecule has 2 heterocycles. The minimum atomic E-state index is 0.695. The van der Waals surface area contributed by atoms with E-state index in [1.165, 1.54) is 36.8 Å². The van der Waals surface area contributed by atoms with Gasteiger partial charge in [-0.15, -0.1) is 0 Å². The van der Waals surface area contributed by atoms with Crippen LogP contribution in [0.2, 0.25) is 0 Å². The zero-order valence-corrected chi connectivity index (χ0v) is 17.0. The number of aryl methyl sites for hydroxylation is 1. The smallest absolute Gasteiger partial charge is 0.191 e. The number of aromatic nitrogens is 1. The number of piperidine rings is 1. The second-order valence-electron chi connectivity index (χ2n) is 7.47. The highest BCUT2D eigenvalue weighted by Crippen LogP contribution is 2.16. The summed E-state index contributed by atoms with van der Waals surface area (Å²) in [7, 11) is 0. The molecule has 0 amide bonds. The Morgan fingerprint density at radius 1 is 1.19 bits per heavy atom. The highest BCUT2D eigenvalue weighted by molar-refractivity contribution is 5.80. The van der Waals surface area contributed by atoms with Gasteiger partial charge < -0.3 is 20.1 Å². The fraction of sp³-hybridized carbons (Fsp3) is 0.591. The number of hydrogen-bond donors (Lipinski definition) is 2. The van der Waals surface area contributed by atoms with Crippen LogP contribution in [0.25, 0.3) is 10.9 Å². The van der Waals surface area contributed by atoms with Gasteiger partial charge in [-0.25, -0.2) is 0 Å². The summed E-state index contributed by atoms with van der Waals surface area (Å²) in [6.07, 6.45) is 5.88. The van der Waals surface area contributed by atoms with Crippen molar-refractivity contribution >= 4 is 16.9 Å². The SMILES string of the molecule is CCNC(=NCC1CCCN(CC)C1)NCCCn1ccc2ccccc21. The first-order valence-corrected chi connectivity index (χ1v) is 10.6. The first kappa shape index (κ1) is 19.7. The zero-order chi connectivity index (χ0) is 18.9. The summed E-state index contributed by atoms with van der Waals surface area (Å²) in [5.74, 6) is 1.66. The predicted molar refractivity (Wildman–Crippen MR) is 115 cm³/mol. The van der Waals surface area contributed by atoms with Crippen molar-refractivity contribution in [3.05, 3.63) is 36.5 Å². The van der Waals surface area contributed by atoms with Gasteiger partial charge >= 0.3 is 0 Å². The molecule has 148 valence electrons. The molecule has 1 fully saturated rings. The van der Waals surface area contributed by atoms with Crippen LogP contribution in [-0.4, -0.2) is 54.7 Å². The van der Waals surface area contributed by atoms with Crippen LogP contribution >= 0.6 is 0 Å². The van der Waals surface area contributed by atoms with Crippen molar-refractivity contribution in [3.8, 4) is 0 Å². The van der Waals surface area contributed by atoms with E-state index >= 15 is 0 Å². The van der Waals surface area contributed by atoms with E-state index < -0.39 is 0 Å². The van der Waals surface area contributed by atoms with E-state index in [4.69, 9.17) is 4.99 Å². The summed E-state index contributed by atoms with van der Waals surface area (Å²) in [5, 5.41) is 8.21. The number of rotatable bonds is 8. The van der Waals surface area contributed by atoms with Gasteiger partial charge in [-0.1, -0.05) is 25.1 Å². The molecule has 1 aliphatic heterocycles. The van der Waals surface area contributed by atoms with E-state index in [2.05, 4.69) is 70.5 Å². The number of nitrogens with one attached hydrogen (secondary N) is 2. The number of guanidine groups is 1. The van der Waals surface area contributed by atoms with Crippen molar-refractivity contribution < 1.29 is 0 Å². The molecule has 1 aromatic carbocycles. The van der Waals surface area contributed by atoms with Gasteiger partial charge in [0, 0.05) is 44.4 Å². The van der Waals surface area contributed by atoms with Crippen molar-refractivity contribution in [2.45, 2.75) is 39.7 Å². The average molecular weight is 370 g/mol. The molecule has 5 heteroatoms. The summed E-state index contributed by atoms with van der Waals surface area (Å²) in [4.78, 5) is 7.40. The van der Waals surface area contributed by atoms with Crippen LogP contribution in [0.3, 0.4) is 0 Å². The number of likely N-dealkylation sites (tertiary alicyclic amines) is 1. The maximum Gasteiger partial charge on any atom is 0.191 e. The molecule has 1 aliphatic rings. The van der Waals surface area contributed by atoms with E-state index in [1.54, 1.807) is 0 Å². The van der Waals surface area contributed by atoms with E-state index in [9.17, 15) is 0 Å². The number of nitrogens with zero attached hydrogens (tertiary/aromatic N) is 3. The van der Waals surface area contributed by atoms with Crippen molar-refractivity contribution in [1.29, 1.82) is 0 Å². The third-order valence-electron chi connectivity index (χ3n) is 5.45. The van der Waals surface area contributed by atoms with Crippen molar-refractivity contribution in [1.82, 2.24) is 20.1 Å². The van der Waals surface area contributed by atoms with Crippen LogP contribution in [-0.2, 0) is 6.54 Å².